The van der Waals surface area contributed by atoms with Crippen molar-refractivity contribution in [2.24, 2.45) is 0 Å². The molecule has 1 heterocycles. The van der Waals surface area contributed by atoms with Crippen molar-refractivity contribution in [2.45, 2.75) is 20.0 Å². The Balaban J connectivity index is 1.77. The van der Waals surface area contributed by atoms with Crippen LogP contribution >= 0.6 is 15.9 Å². The maximum atomic E-state index is 12.3. The molecule has 0 atom stereocenters. The van der Waals surface area contributed by atoms with Gasteiger partial charge in [-0.1, -0.05) is 28.1 Å². The molecule has 4 nitrogen and oxygen atoms in total. The molecular weight excluding hydrogens is 358 g/mol. The van der Waals surface area contributed by atoms with Crippen molar-refractivity contribution in [3.05, 3.63) is 58.1 Å². The Morgan fingerprint density at radius 3 is 2.74 bits per heavy atom. The molecule has 120 valence electrons. The van der Waals surface area contributed by atoms with Crippen molar-refractivity contribution in [2.75, 3.05) is 13.2 Å². The summed E-state index contributed by atoms with van der Waals surface area (Å²) < 4.78 is 12.0. The fourth-order valence-corrected chi connectivity index (χ4v) is 2.97. The predicted molar refractivity (Wildman–Crippen MR) is 91.5 cm³/mol. The first-order valence-electron chi connectivity index (χ1n) is 7.56. The van der Waals surface area contributed by atoms with E-state index in [9.17, 15) is 4.79 Å². The third-order valence-electron chi connectivity index (χ3n) is 3.70. The molecule has 0 aromatic heterocycles. The number of fused-ring (bicyclic) bond motifs is 1. The third-order valence-corrected chi connectivity index (χ3v) is 4.19. The number of amides is 1. The number of halogens is 1. The largest absolute Gasteiger partial charge is 0.494 e. The highest BCUT2D eigenvalue weighted by atomic mass is 79.9. The minimum atomic E-state index is -0.00814. The molecule has 1 aliphatic rings. The zero-order chi connectivity index (χ0) is 16.2. The monoisotopic (exact) mass is 375 g/mol. The maximum Gasteiger partial charge on any atom is 0.261 e. The first-order valence-corrected chi connectivity index (χ1v) is 8.35. The van der Waals surface area contributed by atoms with Crippen molar-refractivity contribution in [1.82, 2.24) is 4.90 Å². The smallest absolute Gasteiger partial charge is 0.261 e. The number of benzene rings is 2. The molecule has 0 N–H and O–H groups in total. The first-order chi connectivity index (χ1) is 11.2. The summed E-state index contributed by atoms with van der Waals surface area (Å²) in [6.45, 7) is 3.78. The number of hydrogen-bond acceptors (Lipinski definition) is 3. The topological polar surface area (TPSA) is 38.8 Å². The molecular formula is C18H18BrNO3. The zero-order valence-corrected chi connectivity index (χ0v) is 14.5. The Morgan fingerprint density at radius 1 is 1.22 bits per heavy atom. The summed E-state index contributed by atoms with van der Waals surface area (Å²) >= 11 is 3.47. The van der Waals surface area contributed by atoms with Crippen LogP contribution < -0.4 is 9.47 Å². The first kappa shape index (κ1) is 15.9. The van der Waals surface area contributed by atoms with Crippen molar-refractivity contribution in [3.63, 3.8) is 0 Å². The molecule has 1 amide bonds. The Hall–Kier alpha value is -2.01. The normalized spacial score (nSPS) is 14.0. The maximum absolute atomic E-state index is 12.3. The van der Waals surface area contributed by atoms with Gasteiger partial charge in [0.05, 0.1) is 6.61 Å². The van der Waals surface area contributed by atoms with Crippen LogP contribution in [0.25, 0.3) is 0 Å². The van der Waals surface area contributed by atoms with Crippen LogP contribution in [0.3, 0.4) is 0 Å². The lowest BCUT2D eigenvalue weighted by molar-refractivity contribution is -0.133. The quantitative estimate of drug-likeness (QED) is 0.816. The Morgan fingerprint density at radius 2 is 2.00 bits per heavy atom. The molecule has 0 aliphatic carbocycles. The van der Waals surface area contributed by atoms with Crippen LogP contribution in [-0.4, -0.2) is 24.0 Å². The molecule has 3 rings (SSSR count). The van der Waals surface area contributed by atoms with Crippen LogP contribution in [0.1, 0.15) is 18.1 Å². The summed E-state index contributed by atoms with van der Waals surface area (Å²) in [5.41, 5.74) is 2.08. The van der Waals surface area contributed by atoms with Crippen molar-refractivity contribution >= 4 is 21.8 Å². The average molecular weight is 376 g/mol. The van der Waals surface area contributed by atoms with Gasteiger partial charge in [-0.15, -0.1) is 0 Å². The SMILES string of the molecule is CCOc1ccc(CN2Cc3cc(Br)ccc3OCC2=O)cc1. The highest BCUT2D eigenvalue weighted by molar-refractivity contribution is 9.10. The summed E-state index contributed by atoms with van der Waals surface area (Å²) in [6.07, 6.45) is 0. The minimum absolute atomic E-state index is 0.00814. The van der Waals surface area contributed by atoms with Crippen molar-refractivity contribution < 1.29 is 14.3 Å². The van der Waals surface area contributed by atoms with E-state index in [4.69, 9.17) is 9.47 Å². The number of ether oxygens (including phenoxy) is 2. The molecule has 0 saturated heterocycles. The standard InChI is InChI=1S/C18H18BrNO3/c1-2-22-16-6-3-13(4-7-16)10-20-11-14-9-15(19)5-8-17(14)23-12-18(20)21/h3-9H,2,10-12H2,1H3. The average Bonchev–Trinajstić information content (AvgIpc) is 2.69. The summed E-state index contributed by atoms with van der Waals surface area (Å²) in [5, 5.41) is 0. The van der Waals surface area contributed by atoms with E-state index in [1.54, 1.807) is 0 Å². The molecule has 2 aromatic rings. The number of carbonyl (C=O) groups is 1. The molecule has 0 spiro atoms. The van der Waals surface area contributed by atoms with Gasteiger partial charge >= 0.3 is 0 Å². The van der Waals surface area contributed by atoms with E-state index in [2.05, 4.69) is 15.9 Å². The summed E-state index contributed by atoms with van der Waals surface area (Å²) in [7, 11) is 0. The molecule has 5 heteroatoms. The van der Waals surface area contributed by atoms with Gasteiger partial charge in [-0.05, 0) is 42.8 Å². The van der Waals surface area contributed by atoms with Crippen LogP contribution in [-0.2, 0) is 17.9 Å². The molecule has 1 aliphatic heterocycles. The van der Waals surface area contributed by atoms with Crippen LogP contribution in [0.15, 0.2) is 46.9 Å². The van der Waals surface area contributed by atoms with Gasteiger partial charge in [-0.3, -0.25) is 4.79 Å². The van der Waals surface area contributed by atoms with Gasteiger partial charge in [0.25, 0.3) is 5.91 Å². The van der Waals surface area contributed by atoms with Gasteiger partial charge in [0, 0.05) is 23.1 Å². The highest BCUT2D eigenvalue weighted by Gasteiger charge is 2.21. The Bertz CT molecular complexity index is 700. The lowest BCUT2D eigenvalue weighted by Gasteiger charge is -2.20. The molecule has 0 saturated carbocycles. The van der Waals surface area contributed by atoms with Gasteiger partial charge in [0.2, 0.25) is 0 Å². The number of carbonyl (C=O) groups excluding carboxylic acids is 1. The molecule has 0 fully saturated rings. The van der Waals surface area contributed by atoms with Gasteiger partial charge in [0.15, 0.2) is 6.61 Å². The summed E-state index contributed by atoms with van der Waals surface area (Å²) in [5.74, 6) is 1.61. The minimum Gasteiger partial charge on any atom is -0.494 e. The highest BCUT2D eigenvalue weighted by Crippen LogP contribution is 2.27. The Kier molecular flexibility index (Phi) is 4.86. The second-order valence-corrected chi connectivity index (χ2v) is 6.28. The van der Waals surface area contributed by atoms with Gasteiger partial charge in [-0.2, -0.15) is 0 Å². The van der Waals surface area contributed by atoms with Crippen LogP contribution in [0.2, 0.25) is 0 Å². The van der Waals surface area contributed by atoms with E-state index < -0.39 is 0 Å². The van der Waals surface area contributed by atoms with Crippen LogP contribution in [0, 0.1) is 0 Å². The fraction of sp³-hybridized carbons (Fsp3) is 0.278. The lowest BCUT2D eigenvalue weighted by Crippen LogP contribution is -2.31. The third kappa shape index (κ3) is 3.85. The van der Waals surface area contributed by atoms with E-state index in [0.717, 1.165) is 27.1 Å². The molecule has 0 unspecified atom stereocenters. The molecule has 0 radical (unpaired) electrons. The Labute approximate surface area is 144 Å². The zero-order valence-electron chi connectivity index (χ0n) is 12.9. The lowest BCUT2D eigenvalue weighted by atomic mass is 10.1. The van der Waals surface area contributed by atoms with E-state index in [0.29, 0.717) is 19.7 Å². The second kappa shape index (κ2) is 7.04. The second-order valence-electron chi connectivity index (χ2n) is 5.37. The predicted octanol–water partition coefficient (Wildman–Crippen LogP) is 3.77. The van der Waals surface area contributed by atoms with Crippen molar-refractivity contribution in [3.8, 4) is 11.5 Å². The van der Waals surface area contributed by atoms with Gasteiger partial charge < -0.3 is 14.4 Å². The molecule has 2 aromatic carbocycles. The van der Waals surface area contributed by atoms with Gasteiger partial charge in [-0.25, -0.2) is 0 Å². The van der Waals surface area contributed by atoms with E-state index in [1.165, 1.54) is 0 Å². The van der Waals surface area contributed by atoms with E-state index >= 15 is 0 Å². The summed E-state index contributed by atoms with van der Waals surface area (Å²) in [6, 6.07) is 13.7. The van der Waals surface area contributed by atoms with Crippen LogP contribution in [0.5, 0.6) is 11.5 Å². The summed E-state index contributed by atoms with van der Waals surface area (Å²) in [4.78, 5) is 14.1. The van der Waals surface area contributed by atoms with Crippen molar-refractivity contribution in [1.29, 1.82) is 0 Å². The number of nitrogens with zero attached hydrogens (tertiary/aromatic N) is 1. The number of hydrogen-bond donors (Lipinski definition) is 0. The van der Waals surface area contributed by atoms with E-state index in [1.807, 2.05) is 54.3 Å². The van der Waals surface area contributed by atoms with Crippen LogP contribution in [0.4, 0.5) is 0 Å². The van der Waals surface area contributed by atoms with E-state index in [-0.39, 0.29) is 12.5 Å². The molecule has 0 bridgehead atoms. The van der Waals surface area contributed by atoms with Gasteiger partial charge in [0.1, 0.15) is 11.5 Å². The fourth-order valence-electron chi connectivity index (χ4n) is 2.56. The molecule has 23 heavy (non-hydrogen) atoms. The number of rotatable bonds is 4.